The summed E-state index contributed by atoms with van der Waals surface area (Å²) >= 11 is 0. The first kappa shape index (κ1) is 12.9. The molecule has 0 bridgehead atoms. The molecule has 1 unspecified atom stereocenters. The zero-order valence-corrected chi connectivity index (χ0v) is 12.1. The fourth-order valence-corrected chi connectivity index (χ4v) is 2.65. The highest BCUT2D eigenvalue weighted by Gasteiger charge is 2.22. The van der Waals surface area contributed by atoms with E-state index in [2.05, 4.69) is 11.2 Å². The molecule has 0 aliphatic rings. The molecule has 0 radical (unpaired) electrons. The van der Waals surface area contributed by atoms with Gasteiger partial charge in [0.1, 0.15) is 17.4 Å². The Bertz CT molecular complexity index is 783. The van der Waals surface area contributed by atoms with E-state index in [-0.39, 0.29) is 0 Å². The summed E-state index contributed by atoms with van der Waals surface area (Å²) in [5.74, 6) is 0.560. The molecule has 104 valence electrons. The molecule has 0 aliphatic carbocycles. The van der Waals surface area contributed by atoms with Crippen molar-refractivity contribution in [2.24, 2.45) is 7.05 Å². The van der Waals surface area contributed by atoms with Crippen molar-refractivity contribution in [3.8, 4) is 0 Å². The van der Waals surface area contributed by atoms with Crippen LogP contribution >= 0.6 is 0 Å². The van der Waals surface area contributed by atoms with Crippen molar-refractivity contribution in [1.82, 2.24) is 9.78 Å². The molecule has 0 saturated carbocycles. The SMILES string of the molecule is Cc1ccc2oc(C(O)c3c(C)nn(C)c3C)cc2c1. The van der Waals surface area contributed by atoms with E-state index in [1.165, 1.54) is 5.56 Å². The zero-order valence-electron chi connectivity index (χ0n) is 12.1. The summed E-state index contributed by atoms with van der Waals surface area (Å²) in [6, 6.07) is 7.89. The summed E-state index contributed by atoms with van der Waals surface area (Å²) < 4.78 is 7.55. The fraction of sp³-hybridized carbons (Fsp3) is 0.312. The third kappa shape index (κ3) is 1.93. The lowest BCUT2D eigenvalue weighted by Crippen LogP contribution is -2.01. The highest BCUT2D eigenvalue weighted by Crippen LogP contribution is 2.31. The van der Waals surface area contributed by atoms with Gasteiger partial charge < -0.3 is 9.52 Å². The maximum Gasteiger partial charge on any atom is 0.140 e. The van der Waals surface area contributed by atoms with Gasteiger partial charge in [0.2, 0.25) is 0 Å². The number of aryl methyl sites for hydroxylation is 3. The van der Waals surface area contributed by atoms with Crippen LogP contribution in [0.1, 0.15) is 34.4 Å². The van der Waals surface area contributed by atoms with Crippen LogP contribution in [-0.2, 0) is 7.05 Å². The van der Waals surface area contributed by atoms with E-state index in [0.717, 1.165) is 27.9 Å². The quantitative estimate of drug-likeness (QED) is 0.778. The zero-order chi connectivity index (χ0) is 14.4. The average Bonchev–Trinajstić information content (AvgIpc) is 2.91. The van der Waals surface area contributed by atoms with Crippen molar-refractivity contribution in [3.63, 3.8) is 0 Å². The number of hydrogen-bond acceptors (Lipinski definition) is 3. The third-order valence-electron chi connectivity index (χ3n) is 3.80. The Hall–Kier alpha value is -2.07. The molecule has 1 aromatic carbocycles. The number of aromatic nitrogens is 2. The average molecular weight is 270 g/mol. The molecule has 4 heteroatoms. The van der Waals surface area contributed by atoms with Gasteiger partial charge in [-0.25, -0.2) is 0 Å². The summed E-state index contributed by atoms with van der Waals surface area (Å²) in [6.07, 6.45) is -0.781. The number of benzene rings is 1. The maximum absolute atomic E-state index is 10.6. The van der Waals surface area contributed by atoms with Crippen LogP contribution in [0.3, 0.4) is 0 Å². The predicted octanol–water partition coefficient (Wildman–Crippen LogP) is 3.17. The van der Waals surface area contributed by atoms with E-state index >= 15 is 0 Å². The van der Waals surface area contributed by atoms with Crippen molar-refractivity contribution >= 4 is 11.0 Å². The van der Waals surface area contributed by atoms with Crippen LogP contribution in [0.25, 0.3) is 11.0 Å². The maximum atomic E-state index is 10.6. The summed E-state index contributed by atoms with van der Waals surface area (Å²) in [5, 5.41) is 15.9. The Kier molecular flexibility index (Phi) is 2.91. The van der Waals surface area contributed by atoms with Crippen molar-refractivity contribution in [2.45, 2.75) is 26.9 Å². The van der Waals surface area contributed by atoms with Gasteiger partial charge in [0.05, 0.1) is 5.69 Å². The highest BCUT2D eigenvalue weighted by molar-refractivity contribution is 5.78. The van der Waals surface area contributed by atoms with Gasteiger partial charge in [0.25, 0.3) is 0 Å². The molecule has 0 spiro atoms. The first-order chi connectivity index (χ1) is 9.47. The molecular formula is C16H18N2O2. The van der Waals surface area contributed by atoms with Gasteiger partial charge in [-0.15, -0.1) is 0 Å². The third-order valence-corrected chi connectivity index (χ3v) is 3.80. The molecular weight excluding hydrogens is 252 g/mol. The highest BCUT2D eigenvalue weighted by atomic mass is 16.4. The molecule has 1 atom stereocenters. The molecule has 2 heterocycles. The van der Waals surface area contributed by atoms with Crippen molar-refractivity contribution < 1.29 is 9.52 Å². The lowest BCUT2D eigenvalue weighted by atomic mass is 10.0. The van der Waals surface area contributed by atoms with Gasteiger partial charge in [-0.1, -0.05) is 11.6 Å². The molecule has 0 amide bonds. The lowest BCUT2D eigenvalue weighted by molar-refractivity contribution is 0.191. The number of rotatable bonds is 2. The Morgan fingerprint density at radius 2 is 1.95 bits per heavy atom. The van der Waals surface area contributed by atoms with Crippen LogP contribution in [0.4, 0.5) is 0 Å². The van der Waals surface area contributed by atoms with Crippen LogP contribution in [0, 0.1) is 20.8 Å². The van der Waals surface area contributed by atoms with Gasteiger partial charge in [0.15, 0.2) is 0 Å². The molecule has 4 nitrogen and oxygen atoms in total. The monoisotopic (exact) mass is 270 g/mol. The van der Waals surface area contributed by atoms with Crippen LogP contribution in [0.5, 0.6) is 0 Å². The molecule has 3 rings (SSSR count). The topological polar surface area (TPSA) is 51.2 Å². The Labute approximate surface area is 117 Å². The molecule has 3 aromatic rings. The fourth-order valence-electron chi connectivity index (χ4n) is 2.65. The van der Waals surface area contributed by atoms with Gasteiger partial charge >= 0.3 is 0 Å². The van der Waals surface area contributed by atoms with Crippen molar-refractivity contribution in [1.29, 1.82) is 0 Å². The number of nitrogens with zero attached hydrogens (tertiary/aromatic N) is 2. The molecule has 20 heavy (non-hydrogen) atoms. The Morgan fingerprint density at radius 3 is 2.60 bits per heavy atom. The summed E-state index contributed by atoms with van der Waals surface area (Å²) in [6.45, 7) is 5.89. The van der Waals surface area contributed by atoms with Crippen molar-refractivity contribution in [3.05, 3.63) is 52.5 Å². The first-order valence-electron chi connectivity index (χ1n) is 6.65. The Morgan fingerprint density at radius 1 is 1.20 bits per heavy atom. The van der Waals surface area contributed by atoms with Crippen LogP contribution in [-0.4, -0.2) is 14.9 Å². The van der Waals surface area contributed by atoms with E-state index in [1.807, 2.05) is 46.0 Å². The van der Waals surface area contributed by atoms with Crippen LogP contribution in [0.15, 0.2) is 28.7 Å². The van der Waals surface area contributed by atoms with Gasteiger partial charge in [-0.3, -0.25) is 4.68 Å². The minimum atomic E-state index is -0.781. The smallest absolute Gasteiger partial charge is 0.140 e. The second-order valence-corrected chi connectivity index (χ2v) is 5.30. The Balaban J connectivity index is 2.10. The van der Waals surface area contributed by atoms with E-state index in [4.69, 9.17) is 4.42 Å². The molecule has 0 fully saturated rings. The first-order valence-corrected chi connectivity index (χ1v) is 6.65. The minimum Gasteiger partial charge on any atom is -0.458 e. The normalized spacial score (nSPS) is 13.1. The summed E-state index contributed by atoms with van der Waals surface area (Å²) in [7, 11) is 1.88. The molecule has 0 saturated heterocycles. The van der Waals surface area contributed by atoms with Gasteiger partial charge in [-0.2, -0.15) is 5.10 Å². The predicted molar refractivity (Wildman–Crippen MR) is 77.7 cm³/mol. The standard InChI is InChI=1S/C16H18N2O2/c1-9-5-6-13-12(7-9)8-14(20-13)16(19)15-10(2)17-18(4)11(15)3/h5-8,16,19H,1-4H3. The van der Waals surface area contributed by atoms with E-state index in [1.54, 1.807) is 4.68 Å². The molecule has 2 aromatic heterocycles. The molecule has 1 N–H and O–H groups in total. The van der Waals surface area contributed by atoms with E-state index < -0.39 is 6.10 Å². The summed E-state index contributed by atoms with van der Waals surface area (Å²) in [4.78, 5) is 0. The number of hydrogen-bond donors (Lipinski definition) is 1. The number of furan rings is 1. The van der Waals surface area contributed by atoms with E-state index in [0.29, 0.717) is 5.76 Å². The minimum absolute atomic E-state index is 0.560. The number of aliphatic hydroxyl groups excluding tert-OH is 1. The van der Waals surface area contributed by atoms with Crippen LogP contribution in [0.2, 0.25) is 0 Å². The second kappa shape index (κ2) is 4.49. The van der Waals surface area contributed by atoms with Crippen LogP contribution < -0.4 is 0 Å². The number of fused-ring (bicyclic) bond motifs is 1. The molecule has 0 aliphatic heterocycles. The second-order valence-electron chi connectivity index (χ2n) is 5.30. The lowest BCUT2D eigenvalue weighted by Gasteiger charge is -2.08. The summed E-state index contributed by atoms with van der Waals surface area (Å²) in [5.41, 5.74) is 4.57. The van der Waals surface area contributed by atoms with Gasteiger partial charge in [-0.05, 0) is 39.0 Å². The van der Waals surface area contributed by atoms with Gasteiger partial charge in [0, 0.05) is 23.7 Å². The van der Waals surface area contributed by atoms with Crippen molar-refractivity contribution in [2.75, 3.05) is 0 Å². The number of aliphatic hydroxyl groups is 1. The van der Waals surface area contributed by atoms with E-state index in [9.17, 15) is 5.11 Å². The largest absolute Gasteiger partial charge is 0.458 e.